The van der Waals surface area contributed by atoms with Crippen LogP contribution < -0.4 is 0 Å². The van der Waals surface area contributed by atoms with Crippen molar-refractivity contribution in [1.29, 1.82) is 0 Å². The third kappa shape index (κ3) is 1.61. The van der Waals surface area contributed by atoms with Gasteiger partial charge in [0.2, 0.25) is 5.78 Å². The first kappa shape index (κ1) is 6.97. The number of hydrogen-bond acceptors (Lipinski definition) is 3. The highest BCUT2D eigenvalue weighted by Gasteiger charge is 1.91. The molecule has 1 aliphatic heterocycles. The SMILES string of the molecule is O.O=C1C=NCN=C1. The van der Waals surface area contributed by atoms with Gasteiger partial charge in [-0.3, -0.25) is 14.8 Å². The molecule has 0 fully saturated rings. The van der Waals surface area contributed by atoms with Gasteiger partial charge in [-0.25, -0.2) is 0 Å². The molecule has 0 amide bonds. The standard InChI is InChI=1S/C4H4N2O.H2O/c7-4-1-5-3-6-2-4;/h1-2H,3H2;1H2. The Bertz CT molecular complexity index is 125. The summed E-state index contributed by atoms with van der Waals surface area (Å²) in [7, 11) is 0. The topological polar surface area (TPSA) is 73.3 Å². The maximum Gasteiger partial charge on any atom is 0.214 e. The Hall–Kier alpha value is -1.03. The van der Waals surface area contributed by atoms with Crippen molar-refractivity contribution in [1.82, 2.24) is 0 Å². The second-order valence-corrected chi connectivity index (χ2v) is 1.17. The Balaban J connectivity index is 0.000000490. The molecule has 8 heavy (non-hydrogen) atoms. The normalized spacial score (nSPS) is 15.8. The van der Waals surface area contributed by atoms with Gasteiger partial charge in [0.15, 0.2) is 0 Å². The van der Waals surface area contributed by atoms with Crippen molar-refractivity contribution in [3.8, 4) is 0 Å². The van der Waals surface area contributed by atoms with Gasteiger partial charge in [0.05, 0.1) is 12.4 Å². The molecule has 0 aromatic carbocycles. The van der Waals surface area contributed by atoms with Crippen LogP contribution in [0.4, 0.5) is 0 Å². The molecule has 0 saturated heterocycles. The number of nitrogens with zero attached hydrogens (tertiary/aromatic N) is 2. The van der Waals surface area contributed by atoms with E-state index < -0.39 is 0 Å². The molecule has 1 aliphatic rings. The lowest BCUT2D eigenvalue weighted by atomic mass is 10.4. The first-order chi connectivity index (χ1) is 3.39. The molecule has 0 atom stereocenters. The summed E-state index contributed by atoms with van der Waals surface area (Å²) in [4.78, 5) is 17.3. The zero-order valence-electron chi connectivity index (χ0n) is 4.16. The zero-order chi connectivity index (χ0) is 5.11. The van der Waals surface area contributed by atoms with E-state index in [4.69, 9.17) is 0 Å². The summed E-state index contributed by atoms with van der Waals surface area (Å²) < 4.78 is 0. The van der Waals surface area contributed by atoms with Crippen LogP contribution in [0.1, 0.15) is 0 Å². The lowest BCUT2D eigenvalue weighted by Crippen LogP contribution is -2.04. The maximum atomic E-state index is 10.2. The zero-order valence-corrected chi connectivity index (χ0v) is 4.16. The van der Waals surface area contributed by atoms with Gasteiger partial charge in [0.25, 0.3) is 0 Å². The minimum absolute atomic E-state index is 0. The van der Waals surface area contributed by atoms with Crippen LogP contribution in [-0.4, -0.2) is 30.4 Å². The average molecular weight is 114 g/mol. The highest BCUT2D eigenvalue weighted by Crippen LogP contribution is 1.76. The molecule has 0 aromatic heterocycles. The molecule has 0 spiro atoms. The van der Waals surface area contributed by atoms with Crippen molar-refractivity contribution >= 4 is 18.2 Å². The molecule has 0 unspecified atom stereocenters. The van der Waals surface area contributed by atoms with E-state index in [9.17, 15) is 4.79 Å². The van der Waals surface area contributed by atoms with Crippen LogP contribution in [0.3, 0.4) is 0 Å². The lowest BCUT2D eigenvalue weighted by Gasteiger charge is -1.87. The largest absolute Gasteiger partial charge is 0.412 e. The summed E-state index contributed by atoms with van der Waals surface area (Å²) in [5.41, 5.74) is 0. The molecule has 0 bridgehead atoms. The Morgan fingerprint density at radius 1 is 1.38 bits per heavy atom. The van der Waals surface area contributed by atoms with Crippen molar-refractivity contribution in [2.75, 3.05) is 6.67 Å². The molecule has 4 nitrogen and oxygen atoms in total. The van der Waals surface area contributed by atoms with Gasteiger partial charge >= 0.3 is 0 Å². The van der Waals surface area contributed by atoms with Crippen LogP contribution in [-0.2, 0) is 4.79 Å². The fourth-order valence-electron chi connectivity index (χ4n) is 0.342. The molecule has 0 aromatic rings. The Labute approximate surface area is 46.3 Å². The van der Waals surface area contributed by atoms with Gasteiger partial charge in [-0.05, 0) is 0 Å². The van der Waals surface area contributed by atoms with Gasteiger partial charge < -0.3 is 5.48 Å². The smallest absolute Gasteiger partial charge is 0.214 e. The minimum Gasteiger partial charge on any atom is -0.412 e. The van der Waals surface area contributed by atoms with Crippen molar-refractivity contribution in [3.63, 3.8) is 0 Å². The van der Waals surface area contributed by atoms with E-state index in [1.165, 1.54) is 12.4 Å². The van der Waals surface area contributed by atoms with Crippen LogP contribution in [0.5, 0.6) is 0 Å². The first-order valence-corrected chi connectivity index (χ1v) is 1.93. The molecule has 0 aliphatic carbocycles. The van der Waals surface area contributed by atoms with E-state index in [1.54, 1.807) is 0 Å². The summed E-state index contributed by atoms with van der Waals surface area (Å²) >= 11 is 0. The van der Waals surface area contributed by atoms with Crippen LogP contribution in [0.25, 0.3) is 0 Å². The van der Waals surface area contributed by atoms with E-state index in [0.29, 0.717) is 6.67 Å². The van der Waals surface area contributed by atoms with Crippen LogP contribution in [0.15, 0.2) is 9.98 Å². The Morgan fingerprint density at radius 3 is 2.12 bits per heavy atom. The first-order valence-electron chi connectivity index (χ1n) is 1.93. The molecule has 0 saturated carbocycles. The highest BCUT2D eigenvalue weighted by atomic mass is 16.1. The summed E-state index contributed by atoms with van der Waals surface area (Å²) in [6.07, 6.45) is 2.54. The van der Waals surface area contributed by atoms with Crippen LogP contribution in [0.2, 0.25) is 0 Å². The molecule has 44 valence electrons. The van der Waals surface area contributed by atoms with Crippen molar-refractivity contribution in [3.05, 3.63) is 0 Å². The third-order valence-corrected chi connectivity index (χ3v) is 0.600. The number of Topliss-reactive ketones (excluding diaryl/α,β-unsaturated/α-hetero) is 1. The molecular formula is C4H6N2O2. The second kappa shape index (κ2) is 3.04. The van der Waals surface area contributed by atoms with Gasteiger partial charge in [-0.2, -0.15) is 0 Å². The van der Waals surface area contributed by atoms with E-state index in [-0.39, 0.29) is 11.3 Å². The minimum atomic E-state index is -0.119. The van der Waals surface area contributed by atoms with E-state index in [2.05, 4.69) is 9.98 Å². The average Bonchev–Trinajstić information content (AvgIpc) is 1.69. The van der Waals surface area contributed by atoms with E-state index in [0.717, 1.165) is 0 Å². The van der Waals surface area contributed by atoms with Gasteiger partial charge in [-0.1, -0.05) is 0 Å². The van der Waals surface area contributed by atoms with Gasteiger partial charge in [0, 0.05) is 0 Å². The fraction of sp³-hybridized carbons (Fsp3) is 0.250. The number of ketones is 1. The summed E-state index contributed by atoms with van der Waals surface area (Å²) in [6, 6.07) is 0. The molecule has 0 radical (unpaired) electrons. The number of rotatable bonds is 0. The van der Waals surface area contributed by atoms with Crippen molar-refractivity contribution in [2.24, 2.45) is 9.98 Å². The number of carbonyl (C=O) groups excluding carboxylic acids is 1. The summed E-state index contributed by atoms with van der Waals surface area (Å²) in [6.45, 7) is 0.408. The molecule has 1 rings (SSSR count). The Morgan fingerprint density at radius 2 is 1.88 bits per heavy atom. The monoisotopic (exact) mass is 114 g/mol. The van der Waals surface area contributed by atoms with Gasteiger partial charge in [0.1, 0.15) is 6.67 Å². The number of aliphatic imine (C=N–C) groups is 2. The maximum absolute atomic E-state index is 10.2. The molecule has 2 N–H and O–H groups in total. The molecule has 1 heterocycles. The van der Waals surface area contributed by atoms with Gasteiger partial charge in [-0.15, -0.1) is 0 Å². The van der Waals surface area contributed by atoms with Crippen molar-refractivity contribution in [2.45, 2.75) is 0 Å². The fourth-order valence-corrected chi connectivity index (χ4v) is 0.342. The third-order valence-electron chi connectivity index (χ3n) is 0.600. The predicted octanol–water partition coefficient (Wildman–Crippen LogP) is -1.16. The second-order valence-electron chi connectivity index (χ2n) is 1.17. The highest BCUT2D eigenvalue weighted by molar-refractivity contribution is 6.53. The lowest BCUT2D eigenvalue weighted by molar-refractivity contribution is -0.106. The molecular weight excluding hydrogens is 108 g/mol. The molecule has 4 heteroatoms. The number of hydrogen-bond donors (Lipinski definition) is 0. The van der Waals surface area contributed by atoms with E-state index in [1.807, 2.05) is 0 Å². The predicted molar refractivity (Wildman–Crippen MR) is 30.5 cm³/mol. The number of carbonyl (C=O) groups is 1. The van der Waals surface area contributed by atoms with Crippen LogP contribution in [0, 0.1) is 0 Å². The van der Waals surface area contributed by atoms with E-state index >= 15 is 0 Å². The summed E-state index contributed by atoms with van der Waals surface area (Å²) in [5.74, 6) is -0.119. The summed E-state index contributed by atoms with van der Waals surface area (Å²) in [5, 5.41) is 0. The quantitative estimate of drug-likeness (QED) is 0.391. The Kier molecular flexibility index (Phi) is 2.64. The van der Waals surface area contributed by atoms with Crippen LogP contribution >= 0.6 is 0 Å². The van der Waals surface area contributed by atoms with Crippen molar-refractivity contribution < 1.29 is 10.3 Å².